The van der Waals surface area contributed by atoms with Gasteiger partial charge in [0.05, 0.1) is 32.7 Å². The van der Waals surface area contributed by atoms with Crippen LogP contribution in [0.2, 0.25) is 0 Å². The third kappa shape index (κ3) is 6.47. The van der Waals surface area contributed by atoms with Crippen molar-refractivity contribution in [3.8, 4) is 23.1 Å². The predicted octanol–water partition coefficient (Wildman–Crippen LogP) is 5.33. The molecule has 0 atom stereocenters. The van der Waals surface area contributed by atoms with Crippen molar-refractivity contribution in [2.45, 2.75) is 0 Å². The second-order valence-electron chi connectivity index (χ2n) is 9.59. The molecule has 2 heterocycles. The smallest absolute Gasteiger partial charge is 0.426 e. The van der Waals surface area contributed by atoms with Crippen molar-refractivity contribution in [3.05, 3.63) is 79.0 Å². The van der Waals surface area contributed by atoms with Gasteiger partial charge in [0.1, 0.15) is 17.2 Å². The quantitative estimate of drug-likeness (QED) is 0.284. The minimum atomic E-state index is -0.718. The predicted molar refractivity (Wildman–Crippen MR) is 162 cm³/mol. The summed E-state index contributed by atoms with van der Waals surface area (Å²) in [5.41, 5.74) is 2.87. The molecule has 42 heavy (non-hydrogen) atoms. The van der Waals surface area contributed by atoms with Crippen LogP contribution in [0.1, 0.15) is 0 Å². The molecule has 1 aliphatic heterocycles. The molecule has 0 saturated carbocycles. The number of para-hydroxylation sites is 2. The summed E-state index contributed by atoms with van der Waals surface area (Å²) in [4.78, 5) is 28.5. The number of hydrogen-bond donors (Lipinski definition) is 1. The lowest BCUT2D eigenvalue weighted by Gasteiger charge is -2.34. The molecule has 1 aromatic heterocycles. The molecule has 0 spiro atoms. The number of amides is 1. The van der Waals surface area contributed by atoms with Gasteiger partial charge in [-0.3, -0.25) is 0 Å². The van der Waals surface area contributed by atoms with Crippen molar-refractivity contribution in [2.75, 3.05) is 69.7 Å². The van der Waals surface area contributed by atoms with Gasteiger partial charge in [0.25, 0.3) is 0 Å². The van der Waals surface area contributed by atoms with Gasteiger partial charge in [-0.05, 0) is 55.6 Å². The Kier molecular flexibility index (Phi) is 8.88. The van der Waals surface area contributed by atoms with Crippen LogP contribution in [0.15, 0.2) is 79.0 Å². The molecule has 11 nitrogen and oxygen atoms in total. The maximum absolute atomic E-state index is 13.8. The summed E-state index contributed by atoms with van der Waals surface area (Å²) >= 11 is 0. The molecule has 4 aromatic rings. The number of carbonyl (C=O) groups is 1. The highest BCUT2D eigenvalue weighted by molar-refractivity contribution is 6.00. The second-order valence-corrected chi connectivity index (χ2v) is 9.59. The van der Waals surface area contributed by atoms with Crippen molar-refractivity contribution < 1.29 is 23.7 Å². The molecule has 0 radical (unpaired) electrons. The number of ether oxygens (including phenoxy) is 4. The zero-order valence-corrected chi connectivity index (χ0v) is 24.1. The first-order chi connectivity index (χ1) is 20.5. The Morgan fingerprint density at radius 1 is 0.833 bits per heavy atom. The molecule has 1 aliphatic rings. The molecular weight excluding hydrogens is 536 g/mol. The molecule has 0 bridgehead atoms. The summed E-state index contributed by atoms with van der Waals surface area (Å²) in [6.07, 6.45) is 0.807. The van der Waals surface area contributed by atoms with Crippen LogP contribution in [-0.4, -0.2) is 75.5 Å². The van der Waals surface area contributed by atoms with Crippen LogP contribution in [-0.2, 0) is 0 Å². The molecule has 1 fully saturated rings. The summed E-state index contributed by atoms with van der Waals surface area (Å²) in [7, 11) is 6.75. The summed E-state index contributed by atoms with van der Waals surface area (Å²) < 4.78 is 22.2. The standard InChI is InChI=1S/C31H34N6O5/c1-35-17-19-36(20-18-35)23-11-9-22(10-12-23)33-30-32-16-15-29(34-30)42-31(38)37(25-7-5-6-8-27(25)40-3)26-14-13-24(39-2)21-28(26)41-4/h5-16,21H,17-20H2,1-4H3,(H,32,33,34). The van der Waals surface area contributed by atoms with E-state index in [1.165, 1.54) is 37.1 Å². The number of hydrogen-bond acceptors (Lipinski definition) is 10. The Balaban J connectivity index is 1.37. The van der Waals surface area contributed by atoms with Crippen molar-refractivity contribution >= 4 is 34.8 Å². The molecular formula is C31H34N6O5. The Hall–Kier alpha value is -5.03. The maximum atomic E-state index is 13.8. The topological polar surface area (TPSA) is 102 Å². The molecule has 1 amide bonds. The van der Waals surface area contributed by atoms with Crippen LogP contribution >= 0.6 is 0 Å². The Labute approximate surface area is 245 Å². The van der Waals surface area contributed by atoms with E-state index in [1.807, 2.05) is 18.2 Å². The molecule has 5 rings (SSSR count). The van der Waals surface area contributed by atoms with E-state index in [1.54, 1.807) is 43.5 Å². The first-order valence-corrected chi connectivity index (χ1v) is 13.5. The third-order valence-corrected chi connectivity index (χ3v) is 6.95. The zero-order chi connectivity index (χ0) is 29.5. The van der Waals surface area contributed by atoms with E-state index in [4.69, 9.17) is 18.9 Å². The van der Waals surface area contributed by atoms with Crippen LogP contribution < -0.4 is 34.1 Å². The minimum absolute atomic E-state index is 0.0685. The molecule has 0 aliphatic carbocycles. The number of aromatic nitrogens is 2. The summed E-state index contributed by atoms with van der Waals surface area (Å²) in [6.45, 7) is 4.07. The number of piperazine rings is 1. The molecule has 3 aromatic carbocycles. The average Bonchev–Trinajstić information content (AvgIpc) is 3.02. The van der Waals surface area contributed by atoms with Gasteiger partial charge >= 0.3 is 6.09 Å². The van der Waals surface area contributed by atoms with Crippen molar-refractivity contribution in [2.24, 2.45) is 0 Å². The average molecular weight is 571 g/mol. The van der Waals surface area contributed by atoms with Crippen LogP contribution in [0.5, 0.6) is 23.1 Å². The van der Waals surface area contributed by atoms with Crippen LogP contribution in [0, 0.1) is 0 Å². The van der Waals surface area contributed by atoms with Crippen molar-refractivity contribution in [3.63, 3.8) is 0 Å². The van der Waals surface area contributed by atoms with Gasteiger partial charge in [-0.1, -0.05) is 12.1 Å². The van der Waals surface area contributed by atoms with Crippen molar-refractivity contribution in [1.29, 1.82) is 0 Å². The van der Waals surface area contributed by atoms with E-state index < -0.39 is 6.09 Å². The lowest BCUT2D eigenvalue weighted by molar-refractivity contribution is 0.208. The normalized spacial score (nSPS) is 13.3. The first-order valence-electron chi connectivity index (χ1n) is 13.5. The highest BCUT2D eigenvalue weighted by atomic mass is 16.6. The number of nitrogens with zero attached hydrogens (tertiary/aromatic N) is 5. The number of methoxy groups -OCH3 is 3. The van der Waals surface area contributed by atoms with Crippen molar-refractivity contribution in [1.82, 2.24) is 14.9 Å². The lowest BCUT2D eigenvalue weighted by atomic mass is 10.2. The van der Waals surface area contributed by atoms with Crippen LogP contribution in [0.4, 0.5) is 33.5 Å². The van der Waals surface area contributed by atoms with Crippen LogP contribution in [0.25, 0.3) is 0 Å². The highest BCUT2D eigenvalue weighted by Gasteiger charge is 2.27. The van der Waals surface area contributed by atoms with E-state index >= 15 is 0 Å². The zero-order valence-electron chi connectivity index (χ0n) is 24.1. The monoisotopic (exact) mass is 570 g/mol. The summed E-state index contributed by atoms with van der Waals surface area (Å²) in [6, 6.07) is 21.9. The maximum Gasteiger partial charge on any atom is 0.426 e. The number of rotatable bonds is 9. The summed E-state index contributed by atoms with van der Waals surface area (Å²) in [5.74, 6) is 1.81. The number of likely N-dealkylation sites (N-methyl/N-ethyl adjacent to an activating group) is 1. The van der Waals surface area contributed by atoms with Gasteiger partial charge in [-0.15, -0.1) is 0 Å². The molecule has 1 N–H and O–H groups in total. The number of anilines is 5. The van der Waals surface area contributed by atoms with Gasteiger partial charge < -0.3 is 34.1 Å². The fourth-order valence-electron chi connectivity index (χ4n) is 4.65. The minimum Gasteiger partial charge on any atom is -0.497 e. The Morgan fingerprint density at radius 2 is 1.55 bits per heavy atom. The number of carbonyl (C=O) groups excluding carboxylic acids is 1. The van der Waals surface area contributed by atoms with Gasteiger partial charge in [-0.25, -0.2) is 14.7 Å². The summed E-state index contributed by atoms with van der Waals surface area (Å²) in [5, 5.41) is 3.19. The van der Waals surface area contributed by atoms with E-state index in [2.05, 4.69) is 44.3 Å². The Morgan fingerprint density at radius 3 is 2.26 bits per heavy atom. The third-order valence-electron chi connectivity index (χ3n) is 6.95. The van der Waals surface area contributed by atoms with E-state index in [9.17, 15) is 4.79 Å². The second kappa shape index (κ2) is 13.1. The molecule has 0 unspecified atom stereocenters. The van der Waals surface area contributed by atoms with Gasteiger partial charge in [0.2, 0.25) is 11.8 Å². The highest BCUT2D eigenvalue weighted by Crippen LogP contribution is 2.40. The molecule has 218 valence electrons. The first kappa shape index (κ1) is 28.5. The molecule has 11 heteroatoms. The number of benzene rings is 3. The fourth-order valence-corrected chi connectivity index (χ4v) is 4.65. The SMILES string of the molecule is COc1ccc(N(C(=O)Oc2ccnc(Nc3ccc(N4CCN(C)CC4)cc3)n2)c2ccccc2OC)c(OC)c1. The Bertz CT molecular complexity index is 1510. The largest absolute Gasteiger partial charge is 0.497 e. The lowest BCUT2D eigenvalue weighted by Crippen LogP contribution is -2.44. The van der Waals surface area contributed by atoms with E-state index in [0.29, 0.717) is 34.6 Å². The molecule has 1 saturated heterocycles. The number of nitrogens with one attached hydrogen (secondary N) is 1. The van der Waals surface area contributed by atoms with Gasteiger partial charge in [0, 0.05) is 55.9 Å². The fraction of sp³-hybridized carbons (Fsp3) is 0.258. The van der Waals surface area contributed by atoms with Gasteiger partial charge in [-0.2, -0.15) is 4.98 Å². The van der Waals surface area contributed by atoms with E-state index in [-0.39, 0.29) is 5.88 Å². The van der Waals surface area contributed by atoms with Gasteiger partial charge in [0.15, 0.2) is 0 Å². The van der Waals surface area contributed by atoms with Crippen LogP contribution in [0.3, 0.4) is 0 Å². The van der Waals surface area contributed by atoms with E-state index in [0.717, 1.165) is 31.9 Å².